The summed E-state index contributed by atoms with van der Waals surface area (Å²) in [5.41, 5.74) is 2.11. The Balaban J connectivity index is 1.15. The molecule has 1 N–H and O–H groups in total. The molecule has 1 aromatic carbocycles. The molecule has 1 aromatic heterocycles. The minimum atomic E-state index is 0.0497. The van der Waals surface area contributed by atoms with E-state index in [1.807, 2.05) is 36.1 Å². The molecule has 0 atom stereocenters. The molecule has 1 saturated carbocycles. The number of carbonyl (C=O) groups excluding carboxylic acids is 1. The van der Waals surface area contributed by atoms with Gasteiger partial charge in [0.1, 0.15) is 5.76 Å². The van der Waals surface area contributed by atoms with Gasteiger partial charge >= 0.3 is 6.03 Å². The van der Waals surface area contributed by atoms with Gasteiger partial charge in [-0.15, -0.1) is 0 Å². The fourth-order valence-electron chi connectivity index (χ4n) is 3.82. The van der Waals surface area contributed by atoms with Crippen LogP contribution in [-0.4, -0.2) is 41.3 Å². The Kier molecular flexibility index (Phi) is 5.43. The number of urea groups is 1. The van der Waals surface area contributed by atoms with E-state index in [4.69, 9.17) is 9.26 Å². The lowest BCUT2D eigenvalue weighted by atomic mass is 9.89. The lowest BCUT2D eigenvalue weighted by Gasteiger charge is -2.38. The fourth-order valence-corrected chi connectivity index (χ4v) is 3.82. The zero-order valence-corrected chi connectivity index (χ0v) is 15.8. The number of benzene rings is 1. The summed E-state index contributed by atoms with van der Waals surface area (Å²) in [4.78, 5) is 14.4. The van der Waals surface area contributed by atoms with Crippen molar-refractivity contribution >= 4 is 6.03 Å². The third kappa shape index (κ3) is 4.50. The van der Waals surface area contributed by atoms with Gasteiger partial charge in [0.15, 0.2) is 0 Å². The van der Waals surface area contributed by atoms with Gasteiger partial charge in [-0.1, -0.05) is 35.5 Å². The smallest absolute Gasteiger partial charge is 0.317 e. The van der Waals surface area contributed by atoms with Gasteiger partial charge < -0.3 is 19.5 Å². The SMILES string of the molecule is Cc1cc(C2CCN(C(=O)NC3CC(OCc4ccccc4)C3)CC2)on1. The van der Waals surface area contributed by atoms with Crippen molar-refractivity contribution < 1.29 is 14.1 Å². The number of aryl methyl sites for hydroxylation is 1. The number of amides is 2. The maximum Gasteiger partial charge on any atom is 0.317 e. The summed E-state index contributed by atoms with van der Waals surface area (Å²) in [5, 5.41) is 7.11. The minimum Gasteiger partial charge on any atom is -0.373 e. The third-order valence-electron chi connectivity index (χ3n) is 5.58. The van der Waals surface area contributed by atoms with E-state index in [0.717, 1.165) is 50.2 Å². The summed E-state index contributed by atoms with van der Waals surface area (Å²) < 4.78 is 11.3. The van der Waals surface area contributed by atoms with E-state index in [1.165, 1.54) is 5.56 Å². The number of rotatable bonds is 5. The highest BCUT2D eigenvalue weighted by molar-refractivity contribution is 5.74. The normalized spacial score (nSPS) is 23.1. The van der Waals surface area contributed by atoms with Gasteiger partial charge in [-0.2, -0.15) is 0 Å². The summed E-state index contributed by atoms with van der Waals surface area (Å²) in [6.45, 7) is 4.10. The first kappa shape index (κ1) is 18.0. The lowest BCUT2D eigenvalue weighted by molar-refractivity contribution is -0.0249. The van der Waals surface area contributed by atoms with Crippen molar-refractivity contribution in [2.24, 2.45) is 0 Å². The molecule has 0 bridgehead atoms. The van der Waals surface area contributed by atoms with Gasteiger partial charge in [-0.05, 0) is 38.2 Å². The predicted octanol–water partition coefficient (Wildman–Crippen LogP) is 3.62. The monoisotopic (exact) mass is 369 g/mol. The molecule has 2 amide bonds. The van der Waals surface area contributed by atoms with Crippen molar-refractivity contribution in [3.63, 3.8) is 0 Å². The van der Waals surface area contributed by atoms with Crippen LogP contribution in [0.3, 0.4) is 0 Å². The first-order valence-electron chi connectivity index (χ1n) is 9.81. The van der Waals surface area contributed by atoms with Crippen molar-refractivity contribution in [1.29, 1.82) is 0 Å². The average Bonchev–Trinajstić information content (AvgIpc) is 3.10. The Labute approximate surface area is 159 Å². The maximum atomic E-state index is 12.5. The maximum absolute atomic E-state index is 12.5. The van der Waals surface area contributed by atoms with Gasteiger partial charge in [0.25, 0.3) is 0 Å². The molecule has 6 nitrogen and oxygen atoms in total. The Bertz CT molecular complexity index is 747. The number of carbonyl (C=O) groups is 1. The lowest BCUT2D eigenvalue weighted by Crippen LogP contribution is -2.53. The van der Waals surface area contributed by atoms with Crippen molar-refractivity contribution in [1.82, 2.24) is 15.4 Å². The molecule has 1 aliphatic carbocycles. The number of ether oxygens (including phenoxy) is 1. The van der Waals surface area contributed by atoms with E-state index >= 15 is 0 Å². The highest BCUT2D eigenvalue weighted by Gasteiger charge is 2.33. The summed E-state index contributed by atoms with van der Waals surface area (Å²) in [5.74, 6) is 1.32. The predicted molar refractivity (Wildman–Crippen MR) is 101 cm³/mol. The van der Waals surface area contributed by atoms with Crippen LogP contribution in [-0.2, 0) is 11.3 Å². The standard InChI is InChI=1S/C21H27N3O3/c1-15-11-20(27-23-15)17-7-9-24(10-8-17)21(25)22-18-12-19(13-18)26-14-16-5-3-2-4-6-16/h2-6,11,17-19H,7-10,12-14H2,1H3,(H,22,25). The van der Waals surface area contributed by atoms with Gasteiger partial charge in [0, 0.05) is 31.1 Å². The number of nitrogens with one attached hydrogen (secondary N) is 1. The van der Waals surface area contributed by atoms with Crippen LogP contribution in [0.5, 0.6) is 0 Å². The molecule has 0 radical (unpaired) electrons. The largest absolute Gasteiger partial charge is 0.373 e. The molecule has 1 aliphatic heterocycles. The molecule has 2 aliphatic rings. The Hall–Kier alpha value is -2.34. The first-order valence-corrected chi connectivity index (χ1v) is 9.81. The van der Waals surface area contributed by atoms with Crippen LogP contribution in [0.15, 0.2) is 40.9 Å². The highest BCUT2D eigenvalue weighted by Crippen LogP contribution is 2.29. The number of likely N-dealkylation sites (tertiary alicyclic amines) is 1. The fraction of sp³-hybridized carbons (Fsp3) is 0.524. The van der Waals surface area contributed by atoms with Gasteiger partial charge in [0.2, 0.25) is 0 Å². The van der Waals surface area contributed by atoms with Crippen molar-refractivity contribution in [3.05, 3.63) is 53.4 Å². The molecule has 1 saturated heterocycles. The molecule has 27 heavy (non-hydrogen) atoms. The van der Waals surface area contributed by atoms with E-state index in [9.17, 15) is 4.79 Å². The molecule has 0 spiro atoms. The van der Waals surface area contributed by atoms with Crippen LogP contribution >= 0.6 is 0 Å². The molecule has 2 heterocycles. The molecule has 2 aromatic rings. The Morgan fingerprint density at radius 2 is 2.00 bits per heavy atom. The van der Waals surface area contributed by atoms with Crippen LogP contribution in [0.25, 0.3) is 0 Å². The quantitative estimate of drug-likeness (QED) is 0.874. The molecule has 6 heteroatoms. The zero-order valence-electron chi connectivity index (χ0n) is 15.8. The molecular formula is C21H27N3O3. The second-order valence-corrected chi connectivity index (χ2v) is 7.67. The van der Waals surface area contributed by atoms with Crippen LogP contribution in [0.1, 0.15) is 48.6 Å². The van der Waals surface area contributed by atoms with Gasteiger partial charge in [0.05, 0.1) is 18.4 Å². The number of aromatic nitrogens is 1. The highest BCUT2D eigenvalue weighted by atomic mass is 16.5. The number of hydrogen-bond donors (Lipinski definition) is 1. The van der Waals surface area contributed by atoms with Gasteiger partial charge in [-0.3, -0.25) is 0 Å². The van der Waals surface area contributed by atoms with E-state index in [2.05, 4.69) is 22.6 Å². The molecular weight excluding hydrogens is 342 g/mol. The third-order valence-corrected chi connectivity index (χ3v) is 5.58. The zero-order chi connectivity index (χ0) is 18.6. The van der Waals surface area contributed by atoms with Crippen LogP contribution in [0.2, 0.25) is 0 Å². The average molecular weight is 369 g/mol. The van der Waals surface area contributed by atoms with E-state index in [1.54, 1.807) is 0 Å². The van der Waals surface area contributed by atoms with Crippen LogP contribution in [0, 0.1) is 6.92 Å². The van der Waals surface area contributed by atoms with E-state index < -0.39 is 0 Å². The topological polar surface area (TPSA) is 67.6 Å². The summed E-state index contributed by atoms with van der Waals surface area (Å²) in [6, 6.07) is 12.5. The van der Waals surface area contributed by atoms with Crippen molar-refractivity contribution in [3.8, 4) is 0 Å². The van der Waals surface area contributed by atoms with Crippen LogP contribution in [0.4, 0.5) is 4.79 Å². The first-order chi connectivity index (χ1) is 13.2. The number of nitrogens with zero attached hydrogens (tertiary/aromatic N) is 2. The van der Waals surface area contributed by atoms with E-state index in [-0.39, 0.29) is 18.2 Å². The summed E-state index contributed by atoms with van der Waals surface area (Å²) in [6.07, 6.45) is 3.89. The summed E-state index contributed by atoms with van der Waals surface area (Å²) >= 11 is 0. The van der Waals surface area contributed by atoms with Gasteiger partial charge in [-0.25, -0.2) is 4.79 Å². The summed E-state index contributed by atoms with van der Waals surface area (Å²) in [7, 11) is 0. The minimum absolute atomic E-state index is 0.0497. The molecule has 0 unspecified atom stereocenters. The Morgan fingerprint density at radius 3 is 2.67 bits per heavy atom. The number of hydrogen-bond acceptors (Lipinski definition) is 4. The molecule has 2 fully saturated rings. The van der Waals surface area contributed by atoms with Crippen molar-refractivity contribution in [2.45, 2.75) is 57.3 Å². The molecule has 4 rings (SSSR count). The number of piperidine rings is 1. The Morgan fingerprint density at radius 1 is 1.26 bits per heavy atom. The second-order valence-electron chi connectivity index (χ2n) is 7.67. The van der Waals surface area contributed by atoms with Crippen LogP contribution < -0.4 is 5.32 Å². The van der Waals surface area contributed by atoms with E-state index in [0.29, 0.717) is 12.5 Å². The van der Waals surface area contributed by atoms with Crippen molar-refractivity contribution in [2.75, 3.05) is 13.1 Å². The molecule has 144 valence electrons. The second kappa shape index (κ2) is 8.13.